The van der Waals surface area contributed by atoms with E-state index in [1.165, 1.54) is 0 Å². The number of carboxylic acid groups (broad SMARTS) is 1. The van der Waals surface area contributed by atoms with Crippen LogP contribution in [0.15, 0.2) is 0 Å². The van der Waals surface area contributed by atoms with Crippen molar-refractivity contribution in [1.29, 1.82) is 0 Å². The van der Waals surface area contributed by atoms with Crippen LogP contribution >= 0.6 is 0 Å². The molecule has 0 heterocycles. The fraction of sp³-hybridized carbons (Fsp3) is 0.765. The third kappa shape index (κ3) is 9.97. The summed E-state index contributed by atoms with van der Waals surface area (Å²) in [5.74, 6) is -2.68. The zero-order chi connectivity index (χ0) is 20.4. The summed E-state index contributed by atoms with van der Waals surface area (Å²) in [5, 5.41) is 14.3. The third-order valence-electron chi connectivity index (χ3n) is 3.70. The lowest BCUT2D eigenvalue weighted by molar-refractivity contribution is -0.142. The first-order valence-electron chi connectivity index (χ1n) is 8.81. The maximum atomic E-state index is 12.5. The Morgan fingerprint density at radius 3 is 1.77 bits per heavy atom. The minimum absolute atomic E-state index is 0.0366. The van der Waals surface area contributed by atoms with Gasteiger partial charge in [0.05, 0.1) is 6.04 Å². The Balaban J connectivity index is 5.00. The van der Waals surface area contributed by atoms with Gasteiger partial charge in [-0.2, -0.15) is 0 Å². The minimum atomic E-state index is -1.13. The van der Waals surface area contributed by atoms with Gasteiger partial charge in [-0.1, -0.05) is 27.7 Å². The van der Waals surface area contributed by atoms with Crippen LogP contribution in [-0.2, 0) is 19.2 Å². The second kappa shape index (κ2) is 11.5. The highest BCUT2D eigenvalue weighted by atomic mass is 16.4. The lowest BCUT2D eigenvalue weighted by Gasteiger charge is -2.24. The maximum absolute atomic E-state index is 12.5. The number of carbonyl (C=O) groups is 4. The molecule has 3 atom stereocenters. The summed E-state index contributed by atoms with van der Waals surface area (Å²) >= 11 is 0. The Morgan fingerprint density at radius 2 is 1.35 bits per heavy atom. The zero-order valence-electron chi connectivity index (χ0n) is 16.0. The first kappa shape index (κ1) is 23.8. The highest BCUT2D eigenvalue weighted by Gasteiger charge is 2.28. The van der Waals surface area contributed by atoms with Gasteiger partial charge >= 0.3 is 5.97 Å². The summed E-state index contributed by atoms with van der Waals surface area (Å²) in [5.41, 5.74) is 10.7. The lowest BCUT2D eigenvalue weighted by Crippen LogP contribution is -2.55. The van der Waals surface area contributed by atoms with Crippen LogP contribution in [0.1, 0.15) is 53.4 Å². The van der Waals surface area contributed by atoms with Gasteiger partial charge in [0.15, 0.2) is 0 Å². The molecule has 0 bridgehead atoms. The van der Waals surface area contributed by atoms with E-state index in [2.05, 4.69) is 10.6 Å². The van der Waals surface area contributed by atoms with E-state index >= 15 is 0 Å². The van der Waals surface area contributed by atoms with E-state index in [4.69, 9.17) is 11.5 Å². The zero-order valence-corrected chi connectivity index (χ0v) is 16.0. The summed E-state index contributed by atoms with van der Waals surface area (Å²) < 4.78 is 0. The van der Waals surface area contributed by atoms with Crippen molar-refractivity contribution in [1.82, 2.24) is 10.6 Å². The van der Waals surface area contributed by atoms with Gasteiger partial charge in [0.2, 0.25) is 17.7 Å². The van der Waals surface area contributed by atoms with Crippen LogP contribution in [0.5, 0.6) is 0 Å². The predicted octanol–water partition coefficient (Wildman–Crippen LogP) is -0.274. The first-order valence-corrected chi connectivity index (χ1v) is 8.81. The SMILES string of the molecule is CC(C)CC(NC(=O)C(CC(C)C)NC(=O)C(N)CCC(N)=O)C(=O)O. The summed E-state index contributed by atoms with van der Waals surface area (Å²) in [6, 6.07) is -2.91. The number of carbonyl (C=O) groups excluding carboxylic acids is 3. The molecule has 0 aromatic carbocycles. The quantitative estimate of drug-likeness (QED) is 0.316. The molecule has 0 aliphatic rings. The Hall–Kier alpha value is -2.16. The number of primary amides is 1. The number of rotatable bonds is 12. The summed E-state index contributed by atoms with van der Waals surface area (Å²) in [4.78, 5) is 46.8. The van der Waals surface area contributed by atoms with E-state index in [9.17, 15) is 24.3 Å². The molecule has 26 heavy (non-hydrogen) atoms. The fourth-order valence-electron chi connectivity index (χ4n) is 2.38. The molecule has 0 rings (SSSR count). The van der Waals surface area contributed by atoms with Gasteiger partial charge in [-0.15, -0.1) is 0 Å². The van der Waals surface area contributed by atoms with Crippen LogP contribution in [0.25, 0.3) is 0 Å². The molecule has 0 spiro atoms. The molecule has 0 aliphatic carbocycles. The Kier molecular flexibility index (Phi) is 10.5. The Bertz CT molecular complexity index is 507. The van der Waals surface area contributed by atoms with Gasteiger partial charge in [-0.3, -0.25) is 14.4 Å². The van der Waals surface area contributed by atoms with Crippen molar-refractivity contribution >= 4 is 23.7 Å². The van der Waals surface area contributed by atoms with Crippen molar-refractivity contribution < 1.29 is 24.3 Å². The number of hydrogen-bond acceptors (Lipinski definition) is 5. The molecule has 0 saturated carbocycles. The second-order valence-electron chi connectivity index (χ2n) is 7.33. The van der Waals surface area contributed by atoms with E-state index in [1.807, 2.05) is 27.7 Å². The molecule has 150 valence electrons. The summed E-state index contributed by atoms with van der Waals surface area (Å²) in [7, 11) is 0. The smallest absolute Gasteiger partial charge is 0.326 e. The molecule has 0 aromatic heterocycles. The van der Waals surface area contributed by atoms with E-state index in [-0.39, 0.29) is 31.1 Å². The molecule has 0 fully saturated rings. The number of nitrogens with two attached hydrogens (primary N) is 2. The van der Waals surface area contributed by atoms with Gasteiger partial charge in [0.1, 0.15) is 12.1 Å². The van der Waals surface area contributed by atoms with Crippen molar-refractivity contribution in [3.63, 3.8) is 0 Å². The van der Waals surface area contributed by atoms with Crippen LogP contribution in [0, 0.1) is 11.8 Å². The van der Waals surface area contributed by atoms with Crippen LogP contribution in [0.2, 0.25) is 0 Å². The second-order valence-corrected chi connectivity index (χ2v) is 7.33. The molecular weight excluding hydrogens is 340 g/mol. The van der Waals surface area contributed by atoms with Crippen LogP contribution in [-0.4, -0.2) is 46.9 Å². The van der Waals surface area contributed by atoms with E-state index in [0.29, 0.717) is 6.42 Å². The fourth-order valence-corrected chi connectivity index (χ4v) is 2.38. The van der Waals surface area contributed by atoms with Gasteiger partial charge in [0, 0.05) is 6.42 Å². The van der Waals surface area contributed by atoms with Crippen LogP contribution < -0.4 is 22.1 Å². The molecule has 9 heteroatoms. The van der Waals surface area contributed by atoms with E-state index in [0.717, 1.165) is 0 Å². The van der Waals surface area contributed by atoms with Crippen LogP contribution in [0.4, 0.5) is 0 Å². The van der Waals surface area contributed by atoms with Crippen molar-refractivity contribution in [3.05, 3.63) is 0 Å². The monoisotopic (exact) mass is 372 g/mol. The molecule has 3 amide bonds. The first-order chi connectivity index (χ1) is 11.9. The number of carboxylic acids is 1. The summed E-state index contributed by atoms with van der Waals surface area (Å²) in [6.45, 7) is 7.46. The normalized spacial score (nSPS) is 14.6. The van der Waals surface area contributed by atoms with Crippen molar-refractivity contribution in [2.24, 2.45) is 23.3 Å². The Labute approximate surface area is 154 Å². The van der Waals surface area contributed by atoms with Crippen molar-refractivity contribution in [2.45, 2.75) is 71.5 Å². The Morgan fingerprint density at radius 1 is 0.885 bits per heavy atom. The number of amides is 3. The number of hydrogen-bond donors (Lipinski definition) is 5. The van der Waals surface area contributed by atoms with Gasteiger partial charge in [0.25, 0.3) is 0 Å². The highest BCUT2D eigenvalue weighted by molar-refractivity contribution is 5.91. The van der Waals surface area contributed by atoms with E-state index in [1.54, 1.807) is 0 Å². The topological polar surface area (TPSA) is 165 Å². The van der Waals surface area contributed by atoms with Gasteiger partial charge in [-0.05, 0) is 31.1 Å². The van der Waals surface area contributed by atoms with Crippen LogP contribution in [0.3, 0.4) is 0 Å². The maximum Gasteiger partial charge on any atom is 0.326 e. The molecule has 0 radical (unpaired) electrons. The molecule has 7 N–H and O–H groups in total. The molecule has 0 saturated heterocycles. The van der Waals surface area contributed by atoms with E-state index < -0.39 is 41.8 Å². The lowest BCUT2D eigenvalue weighted by atomic mass is 10.00. The standard InChI is InChI=1S/C17H32N4O5/c1-9(2)7-12(20-15(23)11(18)5-6-14(19)22)16(24)21-13(17(25)26)8-10(3)4/h9-13H,5-8,18H2,1-4H3,(H2,19,22)(H,20,23)(H,21,24)(H,25,26). The number of nitrogens with one attached hydrogen (secondary N) is 2. The van der Waals surface area contributed by atoms with Crippen molar-refractivity contribution in [3.8, 4) is 0 Å². The molecule has 0 aliphatic heterocycles. The molecule has 9 nitrogen and oxygen atoms in total. The average molecular weight is 372 g/mol. The summed E-state index contributed by atoms with van der Waals surface area (Å²) in [6.07, 6.45) is 0.642. The number of aliphatic carboxylic acids is 1. The largest absolute Gasteiger partial charge is 0.480 e. The molecular formula is C17H32N4O5. The average Bonchev–Trinajstić information content (AvgIpc) is 2.49. The van der Waals surface area contributed by atoms with Crippen molar-refractivity contribution in [2.75, 3.05) is 0 Å². The molecule has 0 aromatic rings. The van der Waals surface area contributed by atoms with Gasteiger partial charge < -0.3 is 27.2 Å². The predicted molar refractivity (Wildman–Crippen MR) is 96.8 cm³/mol. The highest BCUT2D eigenvalue weighted by Crippen LogP contribution is 2.09. The third-order valence-corrected chi connectivity index (χ3v) is 3.70. The molecule has 3 unspecified atom stereocenters. The van der Waals surface area contributed by atoms with Gasteiger partial charge in [-0.25, -0.2) is 4.79 Å². The minimum Gasteiger partial charge on any atom is -0.480 e.